The molecule has 1 aromatic rings. The van der Waals surface area contributed by atoms with Crippen molar-refractivity contribution >= 4 is 15.9 Å². The van der Waals surface area contributed by atoms with Gasteiger partial charge in [-0.3, -0.25) is 0 Å². The van der Waals surface area contributed by atoms with Gasteiger partial charge in [-0.15, -0.1) is 0 Å². The van der Waals surface area contributed by atoms with Gasteiger partial charge in [0.15, 0.2) is 0 Å². The zero-order valence-corrected chi connectivity index (χ0v) is 9.34. The quantitative estimate of drug-likeness (QED) is 0.704. The van der Waals surface area contributed by atoms with Gasteiger partial charge in [0.2, 0.25) is 0 Å². The minimum absolute atomic E-state index is 0.122. The molecule has 1 aromatic carbocycles. The SMILES string of the molecule is Fc1ccccc1C1COCC(Br)C1. The zero-order valence-electron chi connectivity index (χ0n) is 7.75. The fraction of sp³-hybridized carbons (Fsp3) is 0.455. The van der Waals surface area contributed by atoms with Crippen LogP contribution in [0.5, 0.6) is 0 Å². The number of benzene rings is 1. The lowest BCUT2D eigenvalue weighted by Crippen LogP contribution is -2.24. The highest BCUT2D eigenvalue weighted by Crippen LogP contribution is 2.30. The maximum Gasteiger partial charge on any atom is 0.126 e. The summed E-state index contributed by atoms with van der Waals surface area (Å²) in [7, 11) is 0. The summed E-state index contributed by atoms with van der Waals surface area (Å²) in [5, 5.41) is 0. The lowest BCUT2D eigenvalue weighted by molar-refractivity contribution is 0.0855. The van der Waals surface area contributed by atoms with E-state index < -0.39 is 0 Å². The summed E-state index contributed by atoms with van der Waals surface area (Å²) in [6.45, 7) is 1.36. The van der Waals surface area contributed by atoms with Crippen LogP contribution in [-0.2, 0) is 4.74 Å². The van der Waals surface area contributed by atoms with Crippen LogP contribution in [0.15, 0.2) is 24.3 Å². The minimum atomic E-state index is -0.122. The molecule has 0 bridgehead atoms. The largest absolute Gasteiger partial charge is 0.380 e. The predicted octanol–water partition coefficient (Wildman–Crippen LogP) is 3.09. The molecule has 0 saturated carbocycles. The molecule has 0 aliphatic carbocycles. The van der Waals surface area contributed by atoms with Crippen LogP contribution in [0.4, 0.5) is 4.39 Å². The average Bonchev–Trinajstić information content (AvgIpc) is 2.18. The van der Waals surface area contributed by atoms with E-state index in [4.69, 9.17) is 4.74 Å². The molecular formula is C11H12BrFO. The van der Waals surface area contributed by atoms with Gasteiger partial charge in [-0.05, 0) is 18.1 Å². The number of hydrogen-bond donors (Lipinski definition) is 0. The van der Waals surface area contributed by atoms with Gasteiger partial charge < -0.3 is 4.74 Å². The lowest BCUT2D eigenvalue weighted by atomic mass is 9.93. The molecule has 1 aliphatic rings. The molecule has 3 heteroatoms. The van der Waals surface area contributed by atoms with E-state index >= 15 is 0 Å². The third-order valence-corrected chi connectivity index (χ3v) is 3.14. The van der Waals surface area contributed by atoms with E-state index in [1.807, 2.05) is 12.1 Å². The van der Waals surface area contributed by atoms with Gasteiger partial charge in [0.1, 0.15) is 5.82 Å². The molecule has 2 atom stereocenters. The predicted molar refractivity (Wildman–Crippen MR) is 57.3 cm³/mol. The van der Waals surface area contributed by atoms with Crippen molar-refractivity contribution in [2.45, 2.75) is 17.2 Å². The van der Waals surface area contributed by atoms with Crippen LogP contribution >= 0.6 is 15.9 Å². The Labute approximate surface area is 91.4 Å². The number of ether oxygens (including phenoxy) is 1. The molecule has 76 valence electrons. The molecule has 1 aliphatic heterocycles. The molecule has 2 rings (SSSR count). The van der Waals surface area contributed by atoms with Gasteiger partial charge in [0, 0.05) is 10.7 Å². The topological polar surface area (TPSA) is 9.23 Å². The zero-order chi connectivity index (χ0) is 9.97. The Morgan fingerprint density at radius 3 is 2.79 bits per heavy atom. The number of alkyl halides is 1. The number of rotatable bonds is 1. The maximum absolute atomic E-state index is 13.4. The standard InChI is InChI=1S/C11H12BrFO/c12-9-5-8(6-14-7-9)10-3-1-2-4-11(10)13/h1-4,8-9H,5-7H2. The van der Waals surface area contributed by atoms with Crippen LogP contribution in [0.1, 0.15) is 17.9 Å². The molecule has 0 spiro atoms. The van der Waals surface area contributed by atoms with Crippen LogP contribution < -0.4 is 0 Å². The molecule has 0 N–H and O–H groups in total. The molecule has 14 heavy (non-hydrogen) atoms. The Hall–Kier alpha value is -0.410. The fourth-order valence-electron chi connectivity index (χ4n) is 1.81. The first-order valence-corrected chi connectivity index (χ1v) is 5.65. The van der Waals surface area contributed by atoms with E-state index in [1.165, 1.54) is 6.07 Å². The Bertz CT molecular complexity index is 316. The minimum Gasteiger partial charge on any atom is -0.380 e. The third-order valence-electron chi connectivity index (χ3n) is 2.50. The first-order valence-electron chi connectivity index (χ1n) is 4.73. The maximum atomic E-state index is 13.4. The molecule has 1 nitrogen and oxygen atoms in total. The summed E-state index contributed by atoms with van der Waals surface area (Å²) in [6.07, 6.45) is 0.945. The van der Waals surface area contributed by atoms with Gasteiger partial charge in [-0.1, -0.05) is 34.1 Å². The summed E-state index contributed by atoms with van der Waals surface area (Å²) in [4.78, 5) is 0.348. The second-order valence-corrected chi connectivity index (χ2v) is 4.88. The van der Waals surface area contributed by atoms with Crippen LogP contribution in [0.3, 0.4) is 0 Å². The molecule has 0 amide bonds. The molecule has 1 saturated heterocycles. The van der Waals surface area contributed by atoms with Crippen molar-refractivity contribution in [2.75, 3.05) is 13.2 Å². The van der Waals surface area contributed by atoms with E-state index in [-0.39, 0.29) is 11.7 Å². The molecule has 0 radical (unpaired) electrons. The molecular weight excluding hydrogens is 247 g/mol. The summed E-state index contributed by atoms with van der Waals surface area (Å²) in [6, 6.07) is 6.94. The first kappa shape index (κ1) is 10.1. The van der Waals surface area contributed by atoms with E-state index in [0.29, 0.717) is 11.4 Å². The lowest BCUT2D eigenvalue weighted by Gasteiger charge is -2.26. The van der Waals surface area contributed by atoms with E-state index in [0.717, 1.165) is 18.6 Å². The van der Waals surface area contributed by atoms with Crippen molar-refractivity contribution in [3.8, 4) is 0 Å². The highest BCUT2D eigenvalue weighted by Gasteiger charge is 2.23. The summed E-state index contributed by atoms with van der Waals surface area (Å²) < 4.78 is 18.8. The van der Waals surface area contributed by atoms with Gasteiger partial charge in [-0.2, -0.15) is 0 Å². The summed E-state index contributed by atoms with van der Waals surface area (Å²) in [5.74, 6) is 0.0667. The molecule has 1 fully saturated rings. The molecule has 1 heterocycles. The van der Waals surface area contributed by atoms with E-state index in [1.54, 1.807) is 6.07 Å². The van der Waals surface area contributed by atoms with Crippen molar-refractivity contribution in [3.63, 3.8) is 0 Å². The van der Waals surface area contributed by atoms with Crippen molar-refractivity contribution in [1.82, 2.24) is 0 Å². The molecule has 2 unspecified atom stereocenters. The smallest absolute Gasteiger partial charge is 0.126 e. The normalized spacial score (nSPS) is 27.6. The number of hydrogen-bond acceptors (Lipinski definition) is 1. The fourth-order valence-corrected chi connectivity index (χ4v) is 2.44. The Morgan fingerprint density at radius 1 is 1.29 bits per heavy atom. The van der Waals surface area contributed by atoms with Gasteiger partial charge in [0.25, 0.3) is 0 Å². The summed E-state index contributed by atoms with van der Waals surface area (Å²) >= 11 is 3.50. The van der Waals surface area contributed by atoms with E-state index in [9.17, 15) is 4.39 Å². The Kier molecular flexibility index (Phi) is 3.19. The highest BCUT2D eigenvalue weighted by atomic mass is 79.9. The Morgan fingerprint density at radius 2 is 2.07 bits per heavy atom. The van der Waals surface area contributed by atoms with Crippen molar-refractivity contribution in [1.29, 1.82) is 0 Å². The van der Waals surface area contributed by atoms with Crippen LogP contribution in [0.2, 0.25) is 0 Å². The van der Waals surface area contributed by atoms with Crippen LogP contribution in [0, 0.1) is 5.82 Å². The van der Waals surface area contributed by atoms with Crippen LogP contribution in [0.25, 0.3) is 0 Å². The Balaban J connectivity index is 2.18. The second kappa shape index (κ2) is 4.41. The van der Waals surface area contributed by atoms with Crippen LogP contribution in [-0.4, -0.2) is 18.0 Å². The van der Waals surface area contributed by atoms with Crippen molar-refractivity contribution in [2.24, 2.45) is 0 Å². The monoisotopic (exact) mass is 258 g/mol. The van der Waals surface area contributed by atoms with Crippen molar-refractivity contribution in [3.05, 3.63) is 35.6 Å². The highest BCUT2D eigenvalue weighted by molar-refractivity contribution is 9.09. The van der Waals surface area contributed by atoms with Gasteiger partial charge in [0.05, 0.1) is 13.2 Å². The van der Waals surface area contributed by atoms with Gasteiger partial charge >= 0.3 is 0 Å². The second-order valence-electron chi connectivity index (χ2n) is 3.59. The first-order chi connectivity index (χ1) is 6.77. The average molecular weight is 259 g/mol. The molecule has 0 aromatic heterocycles. The number of halogens is 2. The van der Waals surface area contributed by atoms with Gasteiger partial charge in [-0.25, -0.2) is 4.39 Å². The van der Waals surface area contributed by atoms with E-state index in [2.05, 4.69) is 15.9 Å². The van der Waals surface area contributed by atoms with Crippen molar-refractivity contribution < 1.29 is 9.13 Å². The summed E-state index contributed by atoms with van der Waals surface area (Å²) in [5.41, 5.74) is 0.775. The third kappa shape index (κ3) is 2.15.